The first-order valence-electron chi connectivity index (χ1n) is 8.40. The quantitative estimate of drug-likeness (QED) is 0.908. The van der Waals surface area contributed by atoms with Gasteiger partial charge in [-0.15, -0.1) is 0 Å². The van der Waals surface area contributed by atoms with Crippen LogP contribution in [0.1, 0.15) is 31.7 Å². The van der Waals surface area contributed by atoms with Gasteiger partial charge in [0, 0.05) is 25.1 Å². The highest BCUT2D eigenvalue weighted by atomic mass is 32.2. The molecule has 0 radical (unpaired) electrons. The van der Waals surface area contributed by atoms with E-state index in [1.807, 2.05) is 13.0 Å². The van der Waals surface area contributed by atoms with Gasteiger partial charge >= 0.3 is 0 Å². The predicted octanol–water partition coefficient (Wildman–Crippen LogP) is 1.80. The Balaban J connectivity index is 1.88. The van der Waals surface area contributed by atoms with E-state index in [0.717, 1.165) is 24.8 Å². The summed E-state index contributed by atoms with van der Waals surface area (Å²) in [5.74, 6) is -0.129. The SMILES string of the molecule is CCc1cccc(S(=O)(=O)N2CCC[C@@H]2[C@@H]2COCC[C@@H]2O)c1. The fraction of sp³-hybridized carbons (Fsp3) is 0.647. The molecule has 0 aliphatic carbocycles. The first kappa shape index (κ1) is 16.9. The molecule has 1 aromatic carbocycles. The zero-order valence-electron chi connectivity index (χ0n) is 13.5. The summed E-state index contributed by atoms with van der Waals surface area (Å²) in [5.41, 5.74) is 1.02. The lowest BCUT2D eigenvalue weighted by molar-refractivity contribution is -0.0543. The average Bonchev–Trinajstić information content (AvgIpc) is 3.05. The highest BCUT2D eigenvalue weighted by molar-refractivity contribution is 7.89. The standard InChI is InChI=1S/C17H25NO4S/c1-2-13-5-3-6-14(11-13)23(20,21)18-9-4-7-16(18)15-12-22-10-8-17(15)19/h3,5-6,11,15-17,19H,2,4,7-10,12H2,1H3/t15-,16+,17-/m0/s1. The third-order valence-electron chi connectivity index (χ3n) is 5.02. The van der Waals surface area contributed by atoms with Crippen LogP contribution in [0.3, 0.4) is 0 Å². The van der Waals surface area contributed by atoms with Gasteiger partial charge in [0.15, 0.2) is 0 Å². The fourth-order valence-corrected chi connectivity index (χ4v) is 5.48. The molecule has 0 bridgehead atoms. The molecule has 128 valence electrons. The number of hydrogen-bond acceptors (Lipinski definition) is 4. The Bertz CT molecular complexity index is 646. The van der Waals surface area contributed by atoms with E-state index < -0.39 is 16.1 Å². The van der Waals surface area contributed by atoms with Crippen LogP contribution in [0.5, 0.6) is 0 Å². The van der Waals surface area contributed by atoms with Crippen molar-refractivity contribution in [1.82, 2.24) is 4.31 Å². The monoisotopic (exact) mass is 339 g/mol. The van der Waals surface area contributed by atoms with E-state index in [1.165, 1.54) is 0 Å². The minimum absolute atomic E-state index is 0.129. The van der Waals surface area contributed by atoms with Gasteiger partial charge in [-0.05, 0) is 43.4 Å². The number of benzene rings is 1. The van der Waals surface area contributed by atoms with Crippen molar-refractivity contribution in [1.29, 1.82) is 0 Å². The van der Waals surface area contributed by atoms with Crippen molar-refractivity contribution in [2.75, 3.05) is 19.8 Å². The highest BCUT2D eigenvalue weighted by Gasteiger charge is 2.43. The molecule has 23 heavy (non-hydrogen) atoms. The van der Waals surface area contributed by atoms with Crippen LogP contribution in [-0.4, -0.2) is 49.7 Å². The van der Waals surface area contributed by atoms with Gasteiger partial charge in [-0.1, -0.05) is 19.1 Å². The summed E-state index contributed by atoms with van der Waals surface area (Å²) in [6, 6.07) is 7.01. The number of ether oxygens (including phenoxy) is 1. The fourth-order valence-electron chi connectivity index (χ4n) is 3.67. The van der Waals surface area contributed by atoms with Gasteiger partial charge < -0.3 is 9.84 Å². The summed E-state index contributed by atoms with van der Waals surface area (Å²) in [5, 5.41) is 10.3. The van der Waals surface area contributed by atoms with E-state index in [-0.39, 0.29) is 12.0 Å². The molecule has 1 N–H and O–H groups in total. The molecule has 3 atom stereocenters. The lowest BCUT2D eigenvalue weighted by Gasteiger charge is -2.36. The van der Waals surface area contributed by atoms with Crippen LogP contribution in [0.4, 0.5) is 0 Å². The summed E-state index contributed by atoms with van der Waals surface area (Å²) >= 11 is 0. The zero-order valence-corrected chi connectivity index (χ0v) is 14.3. The normalized spacial score (nSPS) is 29.7. The maximum absolute atomic E-state index is 13.1. The molecule has 2 fully saturated rings. The Morgan fingerprint density at radius 3 is 2.91 bits per heavy atom. The van der Waals surface area contributed by atoms with Gasteiger partial charge in [0.05, 0.1) is 17.6 Å². The van der Waals surface area contributed by atoms with E-state index in [4.69, 9.17) is 4.74 Å². The van der Waals surface area contributed by atoms with Crippen molar-refractivity contribution in [3.8, 4) is 0 Å². The number of aliphatic hydroxyl groups is 1. The molecule has 1 aromatic rings. The molecule has 0 aromatic heterocycles. The van der Waals surface area contributed by atoms with Crippen LogP contribution in [0, 0.1) is 5.92 Å². The predicted molar refractivity (Wildman–Crippen MR) is 87.7 cm³/mol. The van der Waals surface area contributed by atoms with Gasteiger partial charge in [-0.25, -0.2) is 8.42 Å². The number of hydrogen-bond donors (Lipinski definition) is 1. The van der Waals surface area contributed by atoms with Crippen molar-refractivity contribution in [3.05, 3.63) is 29.8 Å². The molecular formula is C17H25NO4S. The molecular weight excluding hydrogens is 314 g/mol. The van der Waals surface area contributed by atoms with Crippen LogP contribution in [0.25, 0.3) is 0 Å². The Morgan fingerprint density at radius 2 is 2.17 bits per heavy atom. The summed E-state index contributed by atoms with van der Waals surface area (Å²) in [6.07, 6.45) is 2.53. The number of aliphatic hydroxyl groups excluding tert-OH is 1. The summed E-state index contributed by atoms with van der Waals surface area (Å²) in [6.45, 7) is 3.52. The third kappa shape index (κ3) is 3.31. The molecule has 5 nitrogen and oxygen atoms in total. The lowest BCUT2D eigenvalue weighted by atomic mass is 9.90. The molecule has 2 aliphatic rings. The molecule has 2 aliphatic heterocycles. The van der Waals surface area contributed by atoms with Crippen LogP contribution in [0.2, 0.25) is 0 Å². The lowest BCUT2D eigenvalue weighted by Crippen LogP contribution is -2.48. The van der Waals surface area contributed by atoms with Gasteiger partial charge in [0.1, 0.15) is 0 Å². The van der Waals surface area contributed by atoms with Crippen LogP contribution < -0.4 is 0 Å². The van der Waals surface area contributed by atoms with E-state index in [0.29, 0.717) is 31.1 Å². The molecule has 0 saturated carbocycles. The topological polar surface area (TPSA) is 66.8 Å². The Kier molecular flexibility index (Phi) is 5.06. The molecule has 3 rings (SSSR count). The first-order valence-corrected chi connectivity index (χ1v) is 9.84. The van der Waals surface area contributed by atoms with E-state index in [2.05, 4.69) is 0 Å². The minimum atomic E-state index is -3.53. The van der Waals surface area contributed by atoms with Crippen molar-refractivity contribution >= 4 is 10.0 Å². The summed E-state index contributed by atoms with van der Waals surface area (Å²) < 4.78 is 33.2. The van der Waals surface area contributed by atoms with Gasteiger partial charge in [0.25, 0.3) is 0 Å². The Morgan fingerprint density at radius 1 is 1.35 bits per heavy atom. The van der Waals surface area contributed by atoms with Gasteiger partial charge in [-0.2, -0.15) is 4.31 Å². The molecule has 6 heteroatoms. The maximum Gasteiger partial charge on any atom is 0.243 e. The zero-order chi connectivity index (χ0) is 16.4. The van der Waals surface area contributed by atoms with Crippen LogP contribution >= 0.6 is 0 Å². The largest absolute Gasteiger partial charge is 0.393 e. The van der Waals surface area contributed by atoms with Crippen LogP contribution in [0.15, 0.2) is 29.2 Å². The molecule has 0 amide bonds. The van der Waals surface area contributed by atoms with Crippen molar-refractivity contribution < 1.29 is 18.3 Å². The van der Waals surface area contributed by atoms with Gasteiger partial charge in [0.2, 0.25) is 10.0 Å². The molecule has 2 heterocycles. The van der Waals surface area contributed by atoms with E-state index >= 15 is 0 Å². The van der Waals surface area contributed by atoms with Crippen molar-refractivity contribution in [2.45, 2.75) is 49.6 Å². The average molecular weight is 339 g/mol. The smallest absolute Gasteiger partial charge is 0.243 e. The highest BCUT2D eigenvalue weighted by Crippen LogP contribution is 2.34. The second kappa shape index (κ2) is 6.89. The molecule has 0 unspecified atom stereocenters. The maximum atomic E-state index is 13.1. The number of sulfonamides is 1. The molecule has 0 spiro atoms. The van der Waals surface area contributed by atoms with E-state index in [1.54, 1.807) is 22.5 Å². The van der Waals surface area contributed by atoms with Crippen molar-refractivity contribution in [2.24, 2.45) is 5.92 Å². The summed E-state index contributed by atoms with van der Waals surface area (Å²) in [7, 11) is -3.53. The Labute approximate surface area is 138 Å². The van der Waals surface area contributed by atoms with Crippen LogP contribution in [-0.2, 0) is 21.2 Å². The number of aryl methyl sites for hydroxylation is 1. The minimum Gasteiger partial charge on any atom is -0.393 e. The Hall–Kier alpha value is -0.950. The van der Waals surface area contributed by atoms with Crippen molar-refractivity contribution in [3.63, 3.8) is 0 Å². The second-order valence-electron chi connectivity index (χ2n) is 6.42. The van der Waals surface area contributed by atoms with E-state index in [9.17, 15) is 13.5 Å². The number of rotatable bonds is 4. The summed E-state index contributed by atoms with van der Waals surface area (Å²) in [4.78, 5) is 0.356. The second-order valence-corrected chi connectivity index (χ2v) is 8.31. The third-order valence-corrected chi connectivity index (χ3v) is 6.94. The van der Waals surface area contributed by atoms with Gasteiger partial charge in [-0.3, -0.25) is 0 Å². The first-order chi connectivity index (χ1) is 11.0. The molecule has 2 saturated heterocycles. The number of nitrogens with zero attached hydrogens (tertiary/aromatic N) is 1.